The third-order valence-corrected chi connectivity index (χ3v) is 4.18. The third-order valence-electron chi connectivity index (χ3n) is 3.90. The van der Waals surface area contributed by atoms with Gasteiger partial charge in [0.05, 0.1) is 31.5 Å². The molecule has 0 aliphatic carbocycles. The van der Waals surface area contributed by atoms with Crippen LogP contribution in [-0.2, 0) is 16.1 Å². The molecule has 0 aromatic heterocycles. The minimum Gasteiger partial charge on any atom is -0.490 e. The molecule has 2 atom stereocenters. The average Bonchev–Trinajstić information content (AvgIpc) is 2.90. The summed E-state index contributed by atoms with van der Waals surface area (Å²) in [5.74, 6) is 0.764. The lowest BCUT2D eigenvalue weighted by molar-refractivity contribution is -0.146. The average molecular weight is 358 g/mol. The number of halogens is 1. The number of esters is 1. The number of β-amino-alcohol motifs (C(OH)–C–C–N with tert-alkyl or cyclic N) is 1. The van der Waals surface area contributed by atoms with E-state index in [1.165, 1.54) is 7.11 Å². The molecule has 6 nitrogen and oxygen atoms in total. The highest BCUT2D eigenvalue weighted by molar-refractivity contribution is 6.32. The Balaban J connectivity index is 2.23. The first-order chi connectivity index (χ1) is 11.5. The van der Waals surface area contributed by atoms with Gasteiger partial charge < -0.3 is 19.3 Å². The van der Waals surface area contributed by atoms with Gasteiger partial charge in [-0.2, -0.15) is 0 Å². The summed E-state index contributed by atoms with van der Waals surface area (Å²) in [6.07, 6.45) is -0.172. The molecule has 2 rings (SSSR count). The first-order valence-electron chi connectivity index (χ1n) is 8.08. The van der Waals surface area contributed by atoms with Gasteiger partial charge in [-0.3, -0.25) is 9.69 Å². The fourth-order valence-corrected chi connectivity index (χ4v) is 3.22. The summed E-state index contributed by atoms with van der Waals surface area (Å²) in [5, 5.41) is 10.3. The topological polar surface area (TPSA) is 68.2 Å². The van der Waals surface area contributed by atoms with Crippen molar-refractivity contribution in [1.29, 1.82) is 0 Å². The molecule has 24 heavy (non-hydrogen) atoms. The zero-order valence-electron chi connectivity index (χ0n) is 14.3. The maximum Gasteiger partial charge on any atom is 0.323 e. The van der Waals surface area contributed by atoms with Crippen LogP contribution in [0.5, 0.6) is 11.5 Å². The number of nitrogens with zero attached hydrogens (tertiary/aromatic N) is 1. The van der Waals surface area contributed by atoms with Gasteiger partial charge >= 0.3 is 5.97 Å². The van der Waals surface area contributed by atoms with Crippen LogP contribution in [0.2, 0.25) is 5.02 Å². The Hall–Kier alpha value is -1.50. The number of hydrogen-bond acceptors (Lipinski definition) is 6. The van der Waals surface area contributed by atoms with Crippen LogP contribution in [0.15, 0.2) is 12.1 Å². The maximum absolute atomic E-state index is 11.9. The van der Waals surface area contributed by atoms with Gasteiger partial charge in [0.25, 0.3) is 0 Å². The number of rotatable bonds is 7. The predicted octanol–water partition coefficient (Wildman–Crippen LogP) is 2.25. The minimum atomic E-state index is -0.543. The first-order valence-corrected chi connectivity index (χ1v) is 8.45. The van der Waals surface area contributed by atoms with Crippen LogP contribution in [0.25, 0.3) is 0 Å². The van der Waals surface area contributed by atoms with E-state index in [1.807, 2.05) is 24.8 Å². The molecule has 0 bridgehead atoms. The molecule has 1 fully saturated rings. The number of hydrogen-bond donors (Lipinski definition) is 1. The number of aliphatic hydroxyl groups excluding tert-OH is 1. The van der Waals surface area contributed by atoms with Crippen molar-refractivity contribution in [1.82, 2.24) is 4.90 Å². The quantitative estimate of drug-likeness (QED) is 0.755. The Morgan fingerprint density at radius 3 is 2.67 bits per heavy atom. The normalized spacial score (nSPS) is 20.9. The summed E-state index contributed by atoms with van der Waals surface area (Å²) in [5.41, 5.74) is 0.884. The van der Waals surface area contributed by atoms with E-state index in [2.05, 4.69) is 0 Å². The van der Waals surface area contributed by atoms with E-state index in [0.717, 1.165) is 5.56 Å². The molecule has 0 unspecified atom stereocenters. The smallest absolute Gasteiger partial charge is 0.323 e. The van der Waals surface area contributed by atoms with Crippen molar-refractivity contribution in [2.75, 3.05) is 26.9 Å². The van der Waals surface area contributed by atoms with Crippen LogP contribution in [0.1, 0.15) is 25.8 Å². The summed E-state index contributed by atoms with van der Waals surface area (Å²) in [6.45, 7) is 5.62. The summed E-state index contributed by atoms with van der Waals surface area (Å²) in [7, 11) is 1.35. The zero-order chi connectivity index (χ0) is 17.7. The molecule has 7 heteroatoms. The van der Waals surface area contributed by atoms with Gasteiger partial charge in [0.1, 0.15) is 6.04 Å². The molecule has 134 valence electrons. The molecule has 1 aliphatic rings. The highest BCUT2D eigenvalue weighted by Gasteiger charge is 2.36. The van der Waals surface area contributed by atoms with Crippen molar-refractivity contribution in [3.05, 3.63) is 22.7 Å². The second-order valence-electron chi connectivity index (χ2n) is 5.63. The molecule has 0 spiro atoms. The molecule has 0 saturated carbocycles. The van der Waals surface area contributed by atoms with Crippen molar-refractivity contribution in [3.63, 3.8) is 0 Å². The van der Waals surface area contributed by atoms with Crippen molar-refractivity contribution < 1.29 is 24.1 Å². The SMILES string of the molecule is CCOc1cc(CN2C[C@H](O)C[C@H]2C(=O)OC)cc(Cl)c1OCC. The monoisotopic (exact) mass is 357 g/mol. The van der Waals surface area contributed by atoms with E-state index >= 15 is 0 Å². The van der Waals surface area contributed by atoms with E-state index in [4.69, 9.17) is 25.8 Å². The molecule has 1 aliphatic heterocycles. The zero-order valence-corrected chi connectivity index (χ0v) is 15.0. The van der Waals surface area contributed by atoms with Crippen molar-refractivity contribution in [3.8, 4) is 11.5 Å². The molecule has 1 saturated heterocycles. The molecule has 0 amide bonds. The first kappa shape index (κ1) is 18.8. The number of aliphatic hydroxyl groups is 1. The minimum absolute atomic E-state index is 0.339. The Morgan fingerprint density at radius 2 is 2.04 bits per heavy atom. The Morgan fingerprint density at radius 1 is 1.33 bits per heavy atom. The second kappa shape index (κ2) is 8.55. The van der Waals surface area contributed by atoms with Crippen LogP contribution in [0.3, 0.4) is 0 Å². The molecule has 1 aromatic carbocycles. The Bertz CT molecular complexity index is 580. The second-order valence-corrected chi connectivity index (χ2v) is 6.04. The highest BCUT2D eigenvalue weighted by atomic mass is 35.5. The fraction of sp³-hybridized carbons (Fsp3) is 0.588. The third kappa shape index (κ3) is 4.32. The highest BCUT2D eigenvalue weighted by Crippen LogP contribution is 2.37. The van der Waals surface area contributed by atoms with E-state index in [9.17, 15) is 9.90 Å². The van der Waals surface area contributed by atoms with Gasteiger partial charge in [0.15, 0.2) is 11.5 Å². The predicted molar refractivity (Wildman–Crippen MR) is 90.6 cm³/mol. The number of likely N-dealkylation sites (tertiary alicyclic amines) is 1. The maximum atomic E-state index is 11.9. The van der Waals surface area contributed by atoms with Gasteiger partial charge in [-0.05, 0) is 31.5 Å². The number of carbonyl (C=O) groups excluding carboxylic acids is 1. The van der Waals surface area contributed by atoms with Gasteiger partial charge in [0.2, 0.25) is 0 Å². The number of ether oxygens (including phenoxy) is 3. The summed E-state index contributed by atoms with van der Waals surface area (Å²) in [6, 6.07) is 3.21. The number of carbonyl (C=O) groups is 1. The lowest BCUT2D eigenvalue weighted by atomic mass is 10.1. The fourth-order valence-electron chi connectivity index (χ4n) is 2.93. The molecule has 0 radical (unpaired) electrons. The Kier molecular flexibility index (Phi) is 6.71. The number of benzene rings is 1. The van der Waals surface area contributed by atoms with Crippen LogP contribution >= 0.6 is 11.6 Å². The molecule has 1 N–H and O–H groups in total. The molecule has 1 heterocycles. The van der Waals surface area contributed by atoms with Crippen molar-refractivity contribution in [2.45, 2.75) is 39.0 Å². The lowest BCUT2D eigenvalue weighted by Gasteiger charge is -2.23. The van der Waals surface area contributed by atoms with Gasteiger partial charge in [-0.25, -0.2) is 0 Å². The Labute approximate surface area is 147 Å². The van der Waals surface area contributed by atoms with Crippen molar-refractivity contribution >= 4 is 17.6 Å². The van der Waals surface area contributed by atoms with Crippen LogP contribution in [0.4, 0.5) is 0 Å². The van der Waals surface area contributed by atoms with Crippen LogP contribution in [0, 0.1) is 0 Å². The molecule has 1 aromatic rings. The van der Waals surface area contributed by atoms with Crippen molar-refractivity contribution in [2.24, 2.45) is 0 Å². The van der Waals surface area contributed by atoms with E-state index in [1.54, 1.807) is 6.07 Å². The largest absolute Gasteiger partial charge is 0.490 e. The summed E-state index contributed by atoms with van der Waals surface area (Å²) >= 11 is 6.32. The van der Waals surface area contributed by atoms with E-state index < -0.39 is 12.1 Å². The van der Waals surface area contributed by atoms with Gasteiger partial charge in [0, 0.05) is 19.5 Å². The standard InChI is InChI=1S/C17H24ClNO5/c1-4-23-15-7-11(6-13(18)16(15)24-5-2)9-19-10-12(20)8-14(19)17(21)22-3/h6-7,12,14,20H,4-5,8-10H2,1-3H3/t12-,14+/m1/s1. The summed E-state index contributed by atoms with van der Waals surface area (Å²) < 4.78 is 16.0. The lowest BCUT2D eigenvalue weighted by Crippen LogP contribution is -2.36. The molecular weight excluding hydrogens is 334 g/mol. The van der Waals surface area contributed by atoms with E-state index in [0.29, 0.717) is 49.2 Å². The van der Waals surface area contributed by atoms with Gasteiger partial charge in [-0.1, -0.05) is 11.6 Å². The van der Waals surface area contributed by atoms with Crippen LogP contribution in [-0.4, -0.2) is 55.0 Å². The summed E-state index contributed by atoms with van der Waals surface area (Å²) in [4.78, 5) is 13.8. The van der Waals surface area contributed by atoms with E-state index in [-0.39, 0.29) is 5.97 Å². The number of methoxy groups -OCH3 is 1. The van der Waals surface area contributed by atoms with Crippen LogP contribution < -0.4 is 9.47 Å². The molecular formula is C17H24ClNO5. The van der Waals surface area contributed by atoms with Gasteiger partial charge in [-0.15, -0.1) is 0 Å².